The molecule has 1 aromatic rings. The van der Waals surface area contributed by atoms with Gasteiger partial charge >= 0.3 is 0 Å². The van der Waals surface area contributed by atoms with Gasteiger partial charge in [0.05, 0.1) is 0 Å². The first-order valence-corrected chi connectivity index (χ1v) is 8.89. The van der Waals surface area contributed by atoms with Gasteiger partial charge in [-0.05, 0) is 36.4 Å². The van der Waals surface area contributed by atoms with E-state index in [-0.39, 0.29) is 18.3 Å². The van der Waals surface area contributed by atoms with Gasteiger partial charge in [0.25, 0.3) is 0 Å². The summed E-state index contributed by atoms with van der Waals surface area (Å²) in [6.07, 6.45) is 4.08. The van der Waals surface area contributed by atoms with E-state index in [1.165, 1.54) is 24.0 Å². The summed E-state index contributed by atoms with van der Waals surface area (Å²) < 4.78 is 0. The highest BCUT2D eigenvalue weighted by atomic mass is 35.5. The van der Waals surface area contributed by atoms with Crippen LogP contribution in [0.25, 0.3) is 0 Å². The molecule has 24 heavy (non-hydrogen) atoms. The van der Waals surface area contributed by atoms with Crippen molar-refractivity contribution in [3.05, 3.63) is 35.4 Å². The average molecular weight is 354 g/mol. The van der Waals surface area contributed by atoms with Crippen molar-refractivity contribution in [2.75, 3.05) is 19.6 Å². The van der Waals surface area contributed by atoms with Gasteiger partial charge in [-0.1, -0.05) is 44.5 Å². The minimum Gasteiger partial charge on any atom is -0.354 e. The largest absolute Gasteiger partial charge is 0.354 e. The van der Waals surface area contributed by atoms with Crippen molar-refractivity contribution in [2.24, 2.45) is 5.73 Å². The lowest BCUT2D eigenvalue weighted by Crippen LogP contribution is -2.46. The van der Waals surface area contributed by atoms with Crippen molar-refractivity contribution < 1.29 is 4.79 Å². The van der Waals surface area contributed by atoms with Crippen LogP contribution in [0.3, 0.4) is 0 Å². The molecular weight excluding hydrogens is 322 g/mol. The van der Waals surface area contributed by atoms with Crippen LogP contribution in [0.5, 0.6) is 0 Å². The van der Waals surface area contributed by atoms with Crippen LogP contribution in [0.2, 0.25) is 0 Å². The molecule has 136 valence electrons. The van der Waals surface area contributed by atoms with E-state index >= 15 is 0 Å². The predicted octanol–water partition coefficient (Wildman–Crippen LogP) is 3.05. The fraction of sp³-hybridized carbons (Fsp3) is 0.632. The van der Waals surface area contributed by atoms with Crippen molar-refractivity contribution in [3.8, 4) is 0 Å². The van der Waals surface area contributed by atoms with Crippen LogP contribution in [0, 0.1) is 0 Å². The lowest BCUT2D eigenvalue weighted by Gasteiger charge is -2.36. The lowest BCUT2D eigenvalue weighted by molar-refractivity contribution is -0.121. The number of likely N-dealkylation sites (tertiary alicyclic amines) is 1. The normalized spacial score (nSPS) is 18.2. The molecule has 0 spiro atoms. The molecule has 1 atom stereocenters. The average Bonchev–Trinajstić information content (AvgIpc) is 2.55. The Morgan fingerprint density at radius 1 is 1.29 bits per heavy atom. The maximum absolute atomic E-state index is 11.6. The quantitative estimate of drug-likeness (QED) is 0.792. The van der Waals surface area contributed by atoms with E-state index in [0.717, 1.165) is 26.1 Å². The predicted molar refractivity (Wildman–Crippen MR) is 103 cm³/mol. The molecule has 2 rings (SSSR count). The van der Waals surface area contributed by atoms with Crippen LogP contribution in [-0.2, 0) is 11.3 Å². The number of amides is 1. The van der Waals surface area contributed by atoms with Gasteiger partial charge in [0.15, 0.2) is 0 Å². The first-order chi connectivity index (χ1) is 11.1. The van der Waals surface area contributed by atoms with Gasteiger partial charge in [0.1, 0.15) is 0 Å². The Kier molecular flexibility index (Phi) is 9.34. The molecule has 1 aromatic carbocycles. The molecule has 0 bridgehead atoms. The highest BCUT2D eigenvalue weighted by molar-refractivity contribution is 5.85. The highest BCUT2D eigenvalue weighted by Gasteiger charge is 2.22. The van der Waals surface area contributed by atoms with Gasteiger partial charge < -0.3 is 11.1 Å². The zero-order valence-corrected chi connectivity index (χ0v) is 15.8. The molecule has 4 nitrogen and oxygen atoms in total. The summed E-state index contributed by atoms with van der Waals surface area (Å²) in [5.41, 5.74) is 8.17. The SMILES string of the molecule is CC(C)c1ccc(CN2CCCCC2CNC(=O)CCN)cc1.Cl. The fourth-order valence-electron chi connectivity index (χ4n) is 3.19. The molecule has 0 saturated carbocycles. The van der Waals surface area contributed by atoms with Crippen LogP contribution < -0.4 is 11.1 Å². The van der Waals surface area contributed by atoms with Crippen molar-refractivity contribution in [1.29, 1.82) is 0 Å². The van der Waals surface area contributed by atoms with Gasteiger partial charge in [-0.3, -0.25) is 9.69 Å². The third kappa shape index (κ3) is 6.42. The number of nitrogens with zero attached hydrogens (tertiary/aromatic N) is 1. The van der Waals surface area contributed by atoms with Crippen molar-refractivity contribution in [3.63, 3.8) is 0 Å². The molecule has 0 aliphatic carbocycles. The summed E-state index contributed by atoms with van der Waals surface area (Å²) >= 11 is 0. The first kappa shape index (κ1) is 20.9. The zero-order chi connectivity index (χ0) is 16.7. The monoisotopic (exact) mass is 353 g/mol. The summed E-state index contributed by atoms with van der Waals surface area (Å²) in [5.74, 6) is 0.642. The molecule has 1 heterocycles. The maximum atomic E-state index is 11.6. The van der Waals surface area contributed by atoms with E-state index in [9.17, 15) is 4.79 Å². The van der Waals surface area contributed by atoms with Gasteiger partial charge in [-0.25, -0.2) is 0 Å². The van der Waals surface area contributed by atoms with Crippen LogP contribution in [0.15, 0.2) is 24.3 Å². The Balaban J connectivity index is 0.00000288. The zero-order valence-electron chi connectivity index (χ0n) is 15.0. The molecule has 5 heteroatoms. The molecule has 1 aliphatic heterocycles. The number of piperidine rings is 1. The van der Waals surface area contributed by atoms with Crippen molar-refractivity contribution in [2.45, 2.75) is 58.0 Å². The van der Waals surface area contributed by atoms with E-state index in [1.807, 2.05) is 0 Å². The van der Waals surface area contributed by atoms with Crippen LogP contribution in [0.4, 0.5) is 0 Å². The highest BCUT2D eigenvalue weighted by Crippen LogP contribution is 2.21. The third-order valence-corrected chi connectivity index (χ3v) is 4.69. The fourth-order valence-corrected chi connectivity index (χ4v) is 3.19. The topological polar surface area (TPSA) is 58.4 Å². The molecular formula is C19H32ClN3O. The second kappa shape index (κ2) is 10.7. The molecule has 0 radical (unpaired) electrons. The molecule has 1 fully saturated rings. The number of benzene rings is 1. The summed E-state index contributed by atoms with van der Waals surface area (Å²) in [7, 11) is 0. The Morgan fingerprint density at radius 2 is 2.00 bits per heavy atom. The number of carbonyl (C=O) groups is 1. The number of hydrogen-bond donors (Lipinski definition) is 2. The number of rotatable bonds is 7. The number of halogens is 1. The summed E-state index contributed by atoms with van der Waals surface area (Å²) in [6.45, 7) is 7.68. The molecule has 0 aromatic heterocycles. The number of carbonyl (C=O) groups excluding carboxylic acids is 1. The summed E-state index contributed by atoms with van der Waals surface area (Å²) in [5, 5.41) is 3.03. The first-order valence-electron chi connectivity index (χ1n) is 8.89. The van der Waals surface area contributed by atoms with Crippen molar-refractivity contribution in [1.82, 2.24) is 10.2 Å². The molecule has 3 N–H and O–H groups in total. The standard InChI is InChI=1S/C19H31N3O.ClH/c1-15(2)17-8-6-16(7-9-17)14-22-12-4-3-5-18(22)13-21-19(23)10-11-20;/h6-9,15,18H,3-5,10-14,20H2,1-2H3,(H,21,23);1H. The van der Waals surface area contributed by atoms with E-state index < -0.39 is 0 Å². The van der Waals surface area contributed by atoms with Gasteiger partial charge in [-0.15, -0.1) is 12.4 Å². The Hall–Kier alpha value is -1.10. The molecule has 1 unspecified atom stereocenters. The van der Waals surface area contributed by atoms with E-state index in [2.05, 4.69) is 48.3 Å². The molecule has 1 saturated heterocycles. The molecule has 1 aliphatic rings. The van der Waals surface area contributed by atoms with Crippen LogP contribution >= 0.6 is 12.4 Å². The molecule has 1 amide bonds. The van der Waals surface area contributed by atoms with Gasteiger partial charge in [0, 0.05) is 32.1 Å². The minimum atomic E-state index is 0. The second-order valence-corrected chi connectivity index (χ2v) is 6.86. The Bertz CT molecular complexity index is 490. The lowest BCUT2D eigenvalue weighted by atomic mass is 9.99. The second-order valence-electron chi connectivity index (χ2n) is 6.86. The summed E-state index contributed by atoms with van der Waals surface area (Å²) in [4.78, 5) is 14.2. The van der Waals surface area contributed by atoms with E-state index in [1.54, 1.807) is 0 Å². The van der Waals surface area contributed by atoms with Gasteiger partial charge in [0.2, 0.25) is 5.91 Å². The summed E-state index contributed by atoms with van der Waals surface area (Å²) in [6, 6.07) is 9.40. The minimum absolute atomic E-state index is 0. The van der Waals surface area contributed by atoms with Crippen molar-refractivity contribution >= 4 is 18.3 Å². The number of nitrogens with one attached hydrogen (secondary N) is 1. The van der Waals surface area contributed by atoms with Crippen LogP contribution in [-0.4, -0.2) is 36.5 Å². The van der Waals surface area contributed by atoms with E-state index in [4.69, 9.17) is 5.73 Å². The van der Waals surface area contributed by atoms with E-state index in [0.29, 0.717) is 24.9 Å². The van der Waals surface area contributed by atoms with Gasteiger partial charge in [-0.2, -0.15) is 0 Å². The number of hydrogen-bond acceptors (Lipinski definition) is 3. The van der Waals surface area contributed by atoms with Crippen LogP contribution in [0.1, 0.15) is 56.6 Å². The maximum Gasteiger partial charge on any atom is 0.221 e. The Labute approximate surface area is 152 Å². The smallest absolute Gasteiger partial charge is 0.221 e. The Morgan fingerprint density at radius 3 is 2.62 bits per heavy atom. The third-order valence-electron chi connectivity index (χ3n) is 4.69. The number of nitrogens with two attached hydrogens (primary N) is 1.